The van der Waals surface area contributed by atoms with Crippen molar-refractivity contribution in [3.8, 4) is 17.0 Å². The number of nitrogens with zero attached hydrogens (tertiary/aromatic N) is 6. The fraction of sp³-hybridized carbons (Fsp3) is 0.314. The number of ether oxygens (including phenoxy) is 1. The van der Waals surface area contributed by atoms with Gasteiger partial charge in [-0.3, -0.25) is 9.59 Å². The lowest BCUT2D eigenvalue weighted by Gasteiger charge is -2.34. The van der Waals surface area contributed by atoms with Gasteiger partial charge in [0, 0.05) is 36.2 Å². The Hall–Kier alpha value is -5.43. The molecule has 0 aliphatic carbocycles. The van der Waals surface area contributed by atoms with E-state index in [4.69, 9.17) is 20.0 Å². The van der Waals surface area contributed by atoms with Crippen LogP contribution in [0.4, 0.5) is 10.2 Å². The summed E-state index contributed by atoms with van der Waals surface area (Å²) in [5, 5.41) is 6.34. The number of nitrogen functional groups attached to an aromatic ring is 1. The molecular formula is C35H34FN7O5. The molecule has 0 spiro atoms. The van der Waals surface area contributed by atoms with E-state index in [-0.39, 0.29) is 41.1 Å². The van der Waals surface area contributed by atoms with Gasteiger partial charge in [0.2, 0.25) is 5.91 Å². The molecule has 1 saturated heterocycles. The summed E-state index contributed by atoms with van der Waals surface area (Å²) in [6, 6.07) is 10.4. The van der Waals surface area contributed by atoms with Crippen molar-refractivity contribution >= 4 is 45.6 Å². The van der Waals surface area contributed by atoms with Crippen molar-refractivity contribution in [1.29, 1.82) is 0 Å². The molecule has 48 heavy (non-hydrogen) atoms. The van der Waals surface area contributed by atoms with Gasteiger partial charge in [-0.05, 0) is 75.5 Å². The predicted octanol–water partition coefficient (Wildman–Crippen LogP) is 4.42. The van der Waals surface area contributed by atoms with Crippen molar-refractivity contribution in [2.45, 2.75) is 32.2 Å². The van der Waals surface area contributed by atoms with Crippen molar-refractivity contribution < 1.29 is 23.1 Å². The minimum absolute atomic E-state index is 0.0124. The van der Waals surface area contributed by atoms with Crippen LogP contribution in [-0.2, 0) is 9.59 Å². The molecule has 13 heteroatoms. The molecule has 246 valence electrons. The summed E-state index contributed by atoms with van der Waals surface area (Å²) in [4.78, 5) is 50.6. The summed E-state index contributed by atoms with van der Waals surface area (Å²) < 4.78 is 27.2. The summed E-state index contributed by atoms with van der Waals surface area (Å²) in [6.45, 7) is 4.86. The first-order valence-corrected chi connectivity index (χ1v) is 15.9. The maximum Gasteiger partial charge on any atom is 0.343 e. The highest BCUT2D eigenvalue weighted by atomic mass is 19.1. The van der Waals surface area contributed by atoms with Crippen LogP contribution in [0.2, 0.25) is 0 Å². The van der Waals surface area contributed by atoms with Crippen molar-refractivity contribution in [3.05, 3.63) is 82.4 Å². The first-order chi connectivity index (χ1) is 23.2. The number of rotatable bonds is 7. The van der Waals surface area contributed by atoms with E-state index in [1.807, 2.05) is 30.0 Å². The Kier molecular flexibility index (Phi) is 8.21. The van der Waals surface area contributed by atoms with E-state index in [0.717, 1.165) is 48.5 Å². The summed E-state index contributed by atoms with van der Waals surface area (Å²) in [5.74, 6) is 0.0199. The molecule has 7 rings (SSSR count). The minimum Gasteiger partial charge on any atom is -0.429 e. The molecule has 12 nitrogen and oxygen atoms in total. The third-order valence-electron chi connectivity index (χ3n) is 9.37. The molecule has 5 heterocycles. The van der Waals surface area contributed by atoms with Gasteiger partial charge in [-0.1, -0.05) is 24.3 Å². The number of amides is 1. The zero-order chi connectivity index (χ0) is 33.5. The van der Waals surface area contributed by atoms with Gasteiger partial charge in [0.1, 0.15) is 41.2 Å². The molecule has 3 aromatic heterocycles. The lowest BCUT2D eigenvalue weighted by molar-refractivity contribution is -0.136. The monoisotopic (exact) mass is 651 g/mol. The first-order valence-electron chi connectivity index (χ1n) is 15.9. The smallest absolute Gasteiger partial charge is 0.343 e. The van der Waals surface area contributed by atoms with Gasteiger partial charge in [0.05, 0.1) is 10.8 Å². The number of carbonyl (C=O) groups is 2. The maximum atomic E-state index is 14.6. The number of piperidine rings is 1. The predicted molar refractivity (Wildman–Crippen MR) is 178 cm³/mol. The molecular weight excluding hydrogens is 617 g/mol. The number of hydrogen-bond acceptors (Lipinski definition) is 10. The van der Waals surface area contributed by atoms with Crippen LogP contribution in [0.3, 0.4) is 0 Å². The fourth-order valence-corrected chi connectivity index (χ4v) is 6.85. The van der Waals surface area contributed by atoms with E-state index in [9.17, 15) is 18.8 Å². The standard InChI is InChI=1S/C35H34FN7O5/c1-20(43-33-29(32(37)38-18-39-33)30(40-43)23-15-24(36)17-25(16-23)47-19-44)31-28(26-5-3-4-6-27(26)35(46)48-31)21-9-13-42(14-10-21)34(45)22-7-11-41(2)12-8-22/h3-6,9,15-20,22H,7-8,10-14H2,1-2H3,(H2,37,38,39). The molecule has 0 radical (unpaired) electrons. The normalized spacial score (nSPS) is 16.6. The Morgan fingerprint density at radius 2 is 1.90 bits per heavy atom. The highest BCUT2D eigenvalue weighted by molar-refractivity contribution is 5.99. The average molecular weight is 652 g/mol. The molecule has 2 N–H and O–H groups in total. The topological polar surface area (TPSA) is 150 Å². The van der Waals surface area contributed by atoms with Gasteiger partial charge < -0.3 is 24.7 Å². The second-order valence-corrected chi connectivity index (χ2v) is 12.3. The van der Waals surface area contributed by atoms with Crippen LogP contribution >= 0.6 is 0 Å². The van der Waals surface area contributed by atoms with Crippen LogP contribution in [0, 0.1) is 11.7 Å². The SMILES string of the molecule is CC(c1oc(=O)c2ccccc2c1C1=CCN(C(=O)C2CCN(C)CC2)CC1)n1nc(-c2cc(F)cc(OC=O)c2)c2c(N)ncnc21. The van der Waals surface area contributed by atoms with E-state index in [0.29, 0.717) is 41.7 Å². The van der Waals surface area contributed by atoms with Gasteiger partial charge in [-0.2, -0.15) is 5.10 Å². The van der Waals surface area contributed by atoms with Crippen molar-refractivity contribution in [1.82, 2.24) is 29.5 Å². The number of likely N-dealkylation sites (tertiary alicyclic amines) is 1. The van der Waals surface area contributed by atoms with Crippen LogP contribution in [0.1, 0.15) is 43.6 Å². The van der Waals surface area contributed by atoms with Crippen LogP contribution in [-0.4, -0.2) is 75.2 Å². The summed E-state index contributed by atoms with van der Waals surface area (Å²) in [6.07, 6.45) is 5.62. The van der Waals surface area contributed by atoms with E-state index >= 15 is 0 Å². The van der Waals surface area contributed by atoms with Gasteiger partial charge in [0.15, 0.2) is 5.65 Å². The zero-order valence-electron chi connectivity index (χ0n) is 26.6. The van der Waals surface area contributed by atoms with Gasteiger partial charge in [-0.25, -0.2) is 23.8 Å². The molecule has 2 aliphatic heterocycles. The average Bonchev–Trinajstić information content (AvgIpc) is 3.49. The molecule has 5 aromatic rings. The van der Waals surface area contributed by atoms with Crippen LogP contribution < -0.4 is 16.1 Å². The number of nitrogens with two attached hydrogens (primary N) is 1. The maximum absolute atomic E-state index is 14.6. The minimum atomic E-state index is -0.693. The largest absolute Gasteiger partial charge is 0.429 e. The van der Waals surface area contributed by atoms with Gasteiger partial charge >= 0.3 is 5.63 Å². The fourth-order valence-electron chi connectivity index (χ4n) is 6.85. The molecule has 1 amide bonds. The van der Waals surface area contributed by atoms with Crippen LogP contribution in [0.15, 0.2) is 64.1 Å². The molecule has 0 saturated carbocycles. The molecule has 2 aromatic carbocycles. The third kappa shape index (κ3) is 5.59. The zero-order valence-corrected chi connectivity index (χ0v) is 26.6. The number of fused-ring (bicyclic) bond motifs is 2. The van der Waals surface area contributed by atoms with E-state index in [2.05, 4.69) is 21.9 Å². The molecule has 0 bridgehead atoms. The summed E-state index contributed by atoms with van der Waals surface area (Å²) in [7, 11) is 2.08. The number of carbonyl (C=O) groups excluding carboxylic acids is 2. The van der Waals surface area contributed by atoms with E-state index < -0.39 is 17.5 Å². The number of anilines is 1. The van der Waals surface area contributed by atoms with Crippen molar-refractivity contribution in [2.24, 2.45) is 5.92 Å². The van der Waals surface area contributed by atoms with Crippen molar-refractivity contribution in [2.75, 3.05) is 39.0 Å². The molecule has 1 fully saturated rings. The lowest BCUT2D eigenvalue weighted by Crippen LogP contribution is -2.43. The van der Waals surface area contributed by atoms with Crippen LogP contribution in [0.5, 0.6) is 5.75 Å². The Morgan fingerprint density at radius 3 is 2.62 bits per heavy atom. The molecule has 1 atom stereocenters. The van der Waals surface area contributed by atoms with Gasteiger partial charge in [-0.15, -0.1) is 0 Å². The Labute approximate surface area is 274 Å². The third-order valence-corrected chi connectivity index (χ3v) is 9.37. The highest BCUT2D eigenvalue weighted by Gasteiger charge is 2.31. The number of aromatic nitrogens is 4. The Bertz CT molecular complexity index is 2150. The number of hydrogen-bond donors (Lipinski definition) is 1. The first kappa shape index (κ1) is 31.2. The lowest BCUT2D eigenvalue weighted by atomic mass is 9.91. The second kappa shape index (κ2) is 12.6. The van der Waals surface area contributed by atoms with Crippen LogP contribution in [0.25, 0.3) is 38.6 Å². The molecule has 1 unspecified atom stereocenters. The molecule has 2 aliphatic rings. The Morgan fingerprint density at radius 1 is 1.12 bits per heavy atom. The Balaban J connectivity index is 1.33. The van der Waals surface area contributed by atoms with E-state index in [1.165, 1.54) is 18.5 Å². The quantitative estimate of drug-likeness (QED) is 0.251. The van der Waals surface area contributed by atoms with E-state index in [1.54, 1.807) is 16.8 Å². The highest BCUT2D eigenvalue weighted by Crippen LogP contribution is 2.39. The van der Waals surface area contributed by atoms with Crippen molar-refractivity contribution in [3.63, 3.8) is 0 Å². The second-order valence-electron chi connectivity index (χ2n) is 12.3. The van der Waals surface area contributed by atoms with Gasteiger partial charge in [0.25, 0.3) is 6.47 Å². The number of halogens is 1. The summed E-state index contributed by atoms with van der Waals surface area (Å²) in [5.41, 5.74) is 8.41. The number of benzene rings is 2. The summed E-state index contributed by atoms with van der Waals surface area (Å²) >= 11 is 0.